The lowest BCUT2D eigenvalue weighted by atomic mass is 9.98. The van der Waals surface area contributed by atoms with Gasteiger partial charge in [-0.25, -0.2) is 0 Å². The summed E-state index contributed by atoms with van der Waals surface area (Å²) >= 11 is 0. The molecule has 36 heavy (non-hydrogen) atoms. The molecule has 1 fully saturated rings. The molecule has 184 valence electrons. The molecule has 4 aromatic rings. The van der Waals surface area contributed by atoms with E-state index in [1.165, 1.54) is 0 Å². The van der Waals surface area contributed by atoms with Crippen LogP contribution in [0.2, 0.25) is 0 Å². The zero-order chi connectivity index (χ0) is 25.2. The Hall–Kier alpha value is -3.90. The molecule has 0 bridgehead atoms. The highest BCUT2D eigenvalue weighted by molar-refractivity contribution is 5.86. The van der Waals surface area contributed by atoms with E-state index < -0.39 is 0 Å². The number of anilines is 2. The average molecular weight is 483 g/mol. The highest BCUT2D eigenvalue weighted by Gasteiger charge is 2.20. The fraction of sp³-hybridized carbons (Fsp3) is 0.267. The lowest BCUT2D eigenvalue weighted by Crippen LogP contribution is -2.36. The Bertz CT molecular complexity index is 1470. The van der Waals surface area contributed by atoms with Gasteiger partial charge in [0.25, 0.3) is 0 Å². The van der Waals surface area contributed by atoms with E-state index in [9.17, 15) is 9.59 Å². The first kappa shape index (κ1) is 23.8. The normalized spacial score (nSPS) is 14.6. The number of nitrogens with zero attached hydrogens (tertiary/aromatic N) is 1. The minimum Gasteiger partial charge on any atom is -0.455 e. The third kappa shape index (κ3) is 4.52. The largest absolute Gasteiger partial charge is 0.455 e. The summed E-state index contributed by atoms with van der Waals surface area (Å²) in [7, 11) is 0. The number of para-hydroxylation sites is 1. The Kier molecular flexibility index (Phi) is 6.61. The quantitative estimate of drug-likeness (QED) is 0.345. The Labute approximate surface area is 210 Å². The summed E-state index contributed by atoms with van der Waals surface area (Å²) in [5.41, 5.74) is 6.28. The van der Waals surface area contributed by atoms with Gasteiger partial charge in [-0.3, -0.25) is 9.59 Å². The van der Waals surface area contributed by atoms with Crippen molar-refractivity contribution in [2.75, 3.05) is 36.5 Å². The summed E-state index contributed by atoms with van der Waals surface area (Å²) in [5, 5.41) is 3.99. The third-order valence-electron chi connectivity index (χ3n) is 6.82. The van der Waals surface area contributed by atoms with Gasteiger partial charge in [-0.05, 0) is 68.8 Å². The van der Waals surface area contributed by atoms with Crippen LogP contribution in [0.4, 0.5) is 11.4 Å². The molecule has 1 unspecified atom stereocenters. The molecule has 0 aliphatic carbocycles. The van der Waals surface area contributed by atoms with Crippen LogP contribution in [0.5, 0.6) is 0 Å². The molecule has 0 saturated carbocycles. The Morgan fingerprint density at radius 2 is 1.72 bits per heavy atom. The number of benzene rings is 3. The molecular weight excluding hydrogens is 452 g/mol. The minimum absolute atomic E-state index is 0.0334. The maximum atomic E-state index is 13.5. The number of aryl methyl sites for hydroxylation is 1. The molecule has 0 radical (unpaired) electrons. The monoisotopic (exact) mass is 482 g/mol. The van der Waals surface area contributed by atoms with Crippen molar-refractivity contribution < 1.29 is 13.9 Å². The predicted molar refractivity (Wildman–Crippen MR) is 144 cm³/mol. The average Bonchev–Trinajstić information content (AvgIpc) is 2.91. The topological polar surface area (TPSA) is 71.8 Å². The van der Waals surface area contributed by atoms with Crippen molar-refractivity contribution in [3.8, 4) is 11.3 Å². The van der Waals surface area contributed by atoms with Crippen molar-refractivity contribution in [3.05, 3.63) is 93.1 Å². The third-order valence-corrected chi connectivity index (χ3v) is 6.82. The van der Waals surface area contributed by atoms with E-state index in [4.69, 9.17) is 9.15 Å². The molecule has 1 aromatic heterocycles. The van der Waals surface area contributed by atoms with Gasteiger partial charge in [0, 0.05) is 46.7 Å². The van der Waals surface area contributed by atoms with Crippen LogP contribution >= 0.6 is 0 Å². The second-order valence-electron chi connectivity index (χ2n) is 9.33. The summed E-state index contributed by atoms with van der Waals surface area (Å²) < 4.78 is 12.0. The highest BCUT2D eigenvalue weighted by Crippen LogP contribution is 2.33. The summed E-state index contributed by atoms with van der Waals surface area (Å²) in [6.07, 6.45) is 0.839. The van der Waals surface area contributed by atoms with Crippen LogP contribution in [0.15, 0.2) is 69.9 Å². The van der Waals surface area contributed by atoms with Crippen molar-refractivity contribution in [1.82, 2.24) is 0 Å². The van der Waals surface area contributed by atoms with Crippen molar-refractivity contribution in [1.29, 1.82) is 0 Å². The molecule has 1 saturated heterocycles. The summed E-state index contributed by atoms with van der Waals surface area (Å²) in [6.45, 7) is 8.99. The van der Waals surface area contributed by atoms with Crippen LogP contribution in [0.25, 0.3) is 22.3 Å². The van der Waals surface area contributed by atoms with Gasteiger partial charge in [0.05, 0.1) is 24.6 Å². The lowest BCUT2D eigenvalue weighted by Gasteiger charge is -2.28. The predicted octanol–water partition coefficient (Wildman–Crippen LogP) is 5.90. The number of hydrogen-bond donors (Lipinski definition) is 1. The Morgan fingerprint density at radius 3 is 2.44 bits per heavy atom. The van der Waals surface area contributed by atoms with E-state index in [2.05, 4.69) is 22.3 Å². The van der Waals surface area contributed by atoms with E-state index in [-0.39, 0.29) is 11.5 Å². The number of nitrogens with one attached hydrogen (secondary N) is 1. The Balaban J connectivity index is 1.57. The summed E-state index contributed by atoms with van der Waals surface area (Å²) in [6, 6.07) is 19.3. The molecule has 0 spiro atoms. The van der Waals surface area contributed by atoms with Crippen molar-refractivity contribution in [2.45, 2.75) is 26.8 Å². The van der Waals surface area contributed by atoms with Crippen LogP contribution in [0.1, 0.15) is 40.0 Å². The Morgan fingerprint density at radius 1 is 1.00 bits per heavy atom. The van der Waals surface area contributed by atoms with Crippen LogP contribution < -0.4 is 15.6 Å². The smallest absolute Gasteiger partial charge is 0.196 e. The van der Waals surface area contributed by atoms with Crippen molar-refractivity contribution in [3.63, 3.8) is 0 Å². The SMILES string of the molecule is Cc1cc(C(C)Nc2ccccc2C=O)c2oc(-c3ccc(N4CCOCC4)cc3)c(C)c(=O)c2c1. The zero-order valence-electron chi connectivity index (χ0n) is 20.8. The van der Waals surface area contributed by atoms with Crippen LogP contribution in [0, 0.1) is 13.8 Å². The van der Waals surface area contributed by atoms with Crippen molar-refractivity contribution >= 4 is 28.6 Å². The van der Waals surface area contributed by atoms with E-state index in [1.807, 2.05) is 63.2 Å². The molecule has 3 aromatic carbocycles. The summed E-state index contributed by atoms with van der Waals surface area (Å²) in [5.74, 6) is 0.576. The van der Waals surface area contributed by atoms with Gasteiger partial charge in [-0.2, -0.15) is 0 Å². The molecule has 1 aliphatic heterocycles. The molecule has 5 rings (SSSR count). The van der Waals surface area contributed by atoms with Gasteiger partial charge < -0.3 is 19.4 Å². The lowest BCUT2D eigenvalue weighted by molar-refractivity contribution is 0.112. The molecule has 1 N–H and O–H groups in total. The van der Waals surface area contributed by atoms with Gasteiger partial charge in [0.15, 0.2) is 11.7 Å². The fourth-order valence-corrected chi connectivity index (χ4v) is 4.85. The first-order valence-corrected chi connectivity index (χ1v) is 12.3. The van der Waals surface area contributed by atoms with E-state index in [0.29, 0.717) is 27.9 Å². The van der Waals surface area contributed by atoms with Crippen LogP contribution in [-0.2, 0) is 4.74 Å². The van der Waals surface area contributed by atoms with Gasteiger partial charge in [-0.15, -0.1) is 0 Å². The molecule has 1 atom stereocenters. The van der Waals surface area contributed by atoms with Crippen LogP contribution in [-0.4, -0.2) is 32.6 Å². The maximum absolute atomic E-state index is 13.5. The molecule has 1 aliphatic rings. The number of fused-ring (bicyclic) bond motifs is 1. The number of hydrogen-bond acceptors (Lipinski definition) is 6. The first-order chi connectivity index (χ1) is 17.5. The second-order valence-corrected chi connectivity index (χ2v) is 9.33. The van der Waals surface area contributed by atoms with Gasteiger partial charge in [-0.1, -0.05) is 18.2 Å². The van der Waals surface area contributed by atoms with E-state index in [0.717, 1.165) is 60.7 Å². The molecule has 6 heteroatoms. The zero-order valence-corrected chi connectivity index (χ0v) is 20.8. The van der Waals surface area contributed by atoms with Gasteiger partial charge >= 0.3 is 0 Å². The van der Waals surface area contributed by atoms with Gasteiger partial charge in [0.1, 0.15) is 11.3 Å². The number of ether oxygens (including phenoxy) is 1. The molecule has 2 heterocycles. The standard InChI is InChI=1S/C30H30N2O4/c1-19-16-25(21(3)31-27-7-5-4-6-23(27)18-33)30-26(17-19)28(34)20(2)29(36-30)22-8-10-24(11-9-22)32-12-14-35-15-13-32/h4-11,16-18,21,31H,12-15H2,1-3H3. The molecule has 0 amide bonds. The number of carbonyl (C=O) groups excluding carboxylic acids is 1. The molecular formula is C30H30N2O4. The number of rotatable bonds is 6. The number of morpholine rings is 1. The molecule has 6 nitrogen and oxygen atoms in total. The van der Waals surface area contributed by atoms with E-state index >= 15 is 0 Å². The van der Waals surface area contributed by atoms with Crippen LogP contribution in [0.3, 0.4) is 0 Å². The maximum Gasteiger partial charge on any atom is 0.196 e. The van der Waals surface area contributed by atoms with Gasteiger partial charge in [0.2, 0.25) is 0 Å². The fourth-order valence-electron chi connectivity index (χ4n) is 4.85. The second kappa shape index (κ2) is 9.99. The first-order valence-electron chi connectivity index (χ1n) is 12.3. The highest BCUT2D eigenvalue weighted by atomic mass is 16.5. The summed E-state index contributed by atoms with van der Waals surface area (Å²) in [4.78, 5) is 27.3. The minimum atomic E-state index is -0.198. The number of carbonyl (C=O) groups is 1. The van der Waals surface area contributed by atoms with E-state index in [1.54, 1.807) is 6.07 Å². The number of aldehydes is 1. The van der Waals surface area contributed by atoms with Crippen molar-refractivity contribution in [2.24, 2.45) is 0 Å².